The Morgan fingerprint density at radius 2 is 2.08 bits per heavy atom. The summed E-state index contributed by atoms with van der Waals surface area (Å²) in [5.41, 5.74) is 6.16. The predicted octanol–water partition coefficient (Wildman–Crippen LogP) is 3.19. The van der Waals surface area contributed by atoms with E-state index >= 15 is 0 Å². The molecule has 0 radical (unpaired) electrons. The van der Waals surface area contributed by atoms with Crippen LogP contribution in [0.25, 0.3) is 0 Å². The van der Waals surface area contributed by atoms with Gasteiger partial charge in [-0.1, -0.05) is 42.7 Å². The first-order chi connectivity index (χ1) is 11.4. The van der Waals surface area contributed by atoms with Crippen LogP contribution in [-0.2, 0) is 5.54 Å². The molecule has 3 rings (SSSR count). The van der Waals surface area contributed by atoms with Crippen LogP contribution >= 0.6 is 11.6 Å². The topological polar surface area (TPSA) is 94.0 Å². The molecule has 1 amide bonds. The molecule has 1 aromatic carbocycles. The van der Waals surface area contributed by atoms with Crippen molar-refractivity contribution in [3.05, 3.63) is 46.6 Å². The van der Waals surface area contributed by atoms with Gasteiger partial charge in [0.25, 0.3) is 5.91 Å². The molecule has 1 aliphatic rings. The van der Waals surface area contributed by atoms with Gasteiger partial charge in [-0.2, -0.15) is 4.98 Å². The van der Waals surface area contributed by atoms with Crippen molar-refractivity contribution in [2.24, 2.45) is 11.7 Å². The average Bonchev–Trinajstić information content (AvgIpc) is 3.00. The number of carbonyl (C=O) groups is 1. The number of halogens is 1. The van der Waals surface area contributed by atoms with E-state index < -0.39 is 11.6 Å². The number of hydrogen-bond donors (Lipinski definition) is 2. The van der Waals surface area contributed by atoms with E-state index in [4.69, 9.17) is 21.9 Å². The Labute approximate surface area is 145 Å². The van der Waals surface area contributed by atoms with Crippen LogP contribution in [0.1, 0.15) is 61.2 Å². The summed E-state index contributed by atoms with van der Waals surface area (Å²) < 4.78 is 5.39. The molecular formula is C17H21ClN4O2. The zero-order chi connectivity index (χ0) is 17.3. The zero-order valence-electron chi connectivity index (χ0n) is 13.8. The SMILES string of the molecule is CC(C)C(NC(=O)c1ccccc1Cl)c1nc(C2(N)CCC2)no1. The number of nitrogens with one attached hydrogen (secondary N) is 1. The van der Waals surface area contributed by atoms with Gasteiger partial charge in [-0.05, 0) is 37.3 Å². The van der Waals surface area contributed by atoms with Crippen LogP contribution in [0.4, 0.5) is 0 Å². The number of aromatic nitrogens is 2. The van der Waals surface area contributed by atoms with Crippen molar-refractivity contribution in [1.29, 1.82) is 0 Å². The Morgan fingerprint density at radius 3 is 2.67 bits per heavy atom. The van der Waals surface area contributed by atoms with Crippen LogP contribution in [0.15, 0.2) is 28.8 Å². The van der Waals surface area contributed by atoms with Gasteiger partial charge in [-0.3, -0.25) is 4.79 Å². The molecule has 2 aromatic rings. The Kier molecular flexibility index (Phi) is 4.60. The highest BCUT2D eigenvalue weighted by Crippen LogP contribution is 2.37. The first-order valence-corrected chi connectivity index (χ1v) is 8.47. The van der Waals surface area contributed by atoms with Crippen molar-refractivity contribution < 1.29 is 9.32 Å². The lowest BCUT2D eigenvalue weighted by Gasteiger charge is -2.34. The number of rotatable bonds is 5. The van der Waals surface area contributed by atoms with Crippen LogP contribution in [-0.4, -0.2) is 16.0 Å². The van der Waals surface area contributed by atoms with Crippen LogP contribution in [0.2, 0.25) is 5.02 Å². The van der Waals surface area contributed by atoms with Crippen molar-refractivity contribution in [1.82, 2.24) is 15.5 Å². The molecule has 128 valence electrons. The first-order valence-electron chi connectivity index (χ1n) is 8.09. The van der Waals surface area contributed by atoms with E-state index in [0.717, 1.165) is 19.3 Å². The summed E-state index contributed by atoms with van der Waals surface area (Å²) in [5, 5.41) is 7.35. The molecule has 1 fully saturated rings. The van der Waals surface area contributed by atoms with Gasteiger partial charge in [0.15, 0.2) is 5.82 Å². The molecule has 1 unspecified atom stereocenters. The Hall–Kier alpha value is -1.92. The number of benzene rings is 1. The normalized spacial score (nSPS) is 17.4. The minimum atomic E-state index is -0.490. The highest BCUT2D eigenvalue weighted by molar-refractivity contribution is 6.33. The lowest BCUT2D eigenvalue weighted by molar-refractivity contribution is 0.0914. The van der Waals surface area contributed by atoms with Crippen LogP contribution < -0.4 is 11.1 Å². The second-order valence-corrected chi connectivity index (χ2v) is 7.05. The summed E-state index contributed by atoms with van der Waals surface area (Å²) in [7, 11) is 0. The highest BCUT2D eigenvalue weighted by atomic mass is 35.5. The number of nitrogens with zero attached hydrogens (tertiary/aromatic N) is 2. The zero-order valence-corrected chi connectivity index (χ0v) is 14.5. The molecule has 3 N–H and O–H groups in total. The van der Waals surface area contributed by atoms with Crippen molar-refractivity contribution in [3.63, 3.8) is 0 Å². The molecule has 1 atom stereocenters. The smallest absolute Gasteiger partial charge is 0.253 e. The van der Waals surface area contributed by atoms with E-state index in [-0.39, 0.29) is 11.8 Å². The summed E-state index contributed by atoms with van der Waals surface area (Å²) in [6.07, 6.45) is 2.77. The minimum Gasteiger partial charge on any atom is -0.340 e. The molecule has 1 heterocycles. The maximum Gasteiger partial charge on any atom is 0.253 e. The second-order valence-electron chi connectivity index (χ2n) is 6.64. The predicted molar refractivity (Wildman–Crippen MR) is 90.5 cm³/mol. The fourth-order valence-electron chi connectivity index (χ4n) is 2.72. The fourth-order valence-corrected chi connectivity index (χ4v) is 2.94. The monoisotopic (exact) mass is 348 g/mol. The van der Waals surface area contributed by atoms with Crippen molar-refractivity contribution in [2.75, 3.05) is 0 Å². The minimum absolute atomic E-state index is 0.0693. The number of carbonyl (C=O) groups excluding carboxylic acids is 1. The van der Waals surface area contributed by atoms with Crippen LogP contribution in [0.5, 0.6) is 0 Å². The van der Waals surface area contributed by atoms with Crippen molar-refractivity contribution >= 4 is 17.5 Å². The van der Waals surface area contributed by atoms with Gasteiger partial charge in [0.1, 0.15) is 6.04 Å². The second kappa shape index (κ2) is 6.53. The Bertz CT molecular complexity index is 740. The Balaban J connectivity index is 1.80. The molecule has 1 saturated carbocycles. The molecule has 24 heavy (non-hydrogen) atoms. The first kappa shape index (κ1) is 16.9. The van der Waals surface area contributed by atoms with E-state index in [2.05, 4.69) is 15.5 Å². The van der Waals surface area contributed by atoms with Crippen LogP contribution in [0, 0.1) is 5.92 Å². The molecule has 0 spiro atoms. The Morgan fingerprint density at radius 1 is 1.38 bits per heavy atom. The number of hydrogen-bond acceptors (Lipinski definition) is 5. The van der Waals surface area contributed by atoms with Gasteiger partial charge in [0.05, 0.1) is 16.1 Å². The average molecular weight is 349 g/mol. The quantitative estimate of drug-likeness (QED) is 0.865. The third kappa shape index (κ3) is 3.16. The highest BCUT2D eigenvalue weighted by Gasteiger charge is 2.40. The van der Waals surface area contributed by atoms with E-state index in [1.54, 1.807) is 24.3 Å². The van der Waals surface area contributed by atoms with Gasteiger partial charge in [0.2, 0.25) is 5.89 Å². The van der Waals surface area contributed by atoms with Gasteiger partial charge in [-0.25, -0.2) is 0 Å². The lowest BCUT2D eigenvalue weighted by atomic mass is 9.77. The largest absolute Gasteiger partial charge is 0.340 e. The molecule has 1 aromatic heterocycles. The molecule has 0 bridgehead atoms. The fraction of sp³-hybridized carbons (Fsp3) is 0.471. The maximum absolute atomic E-state index is 12.5. The summed E-state index contributed by atoms with van der Waals surface area (Å²) in [6, 6.07) is 6.50. The molecule has 1 aliphatic carbocycles. The summed E-state index contributed by atoms with van der Waals surface area (Å²) in [6.45, 7) is 3.95. The molecular weight excluding hydrogens is 328 g/mol. The standard InChI is InChI=1S/C17H21ClN4O2/c1-10(2)13(20-14(23)11-6-3-4-7-12(11)18)15-21-16(22-24-15)17(19)8-5-9-17/h3-4,6-7,10,13H,5,8-9,19H2,1-2H3,(H,20,23). The van der Waals surface area contributed by atoms with E-state index in [0.29, 0.717) is 22.3 Å². The summed E-state index contributed by atoms with van der Waals surface area (Å²) in [4.78, 5) is 17.0. The number of amides is 1. The molecule has 0 aliphatic heterocycles. The van der Waals surface area contributed by atoms with Crippen LogP contribution in [0.3, 0.4) is 0 Å². The number of nitrogens with two attached hydrogens (primary N) is 1. The van der Waals surface area contributed by atoms with E-state index in [9.17, 15) is 4.79 Å². The molecule has 0 saturated heterocycles. The third-order valence-electron chi connectivity index (χ3n) is 4.47. The van der Waals surface area contributed by atoms with E-state index in [1.165, 1.54) is 0 Å². The van der Waals surface area contributed by atoms with Gasteiger partial charge in [0, 0.05) is 0 Å². The van der Waals surface area contributed by atoms with Gasteiger partial charge < -0.3 is 15.6 Å². The maximum atomic E-state index is 12.5. The lowest BCUT2D eigenvalue weighted by Crippen LogP contribution is -2.44. The molecule has 6 nitrogen and oxygen atoms in total. The third-order valence-corrected chi connectivity index (χ3v) is 4.80. The van der Waals surface area contributed by atoms with E-state index in [1.807, 2.05) is 13.8 Å². The van der Waals surface area contributed by atoms with Crippen molar-refractivity contribution in [2.45, 2.75) is 44.7 Å². The summed E-state index contributed by atoms with van der Waals surface area (Å²) in [5.74, 6) is 0.684. The summed E-state index contributed by atoms with van der Waals surface area (Å²) >= 11 is 6.09. The molecule has 7 heteroatoms. The van der Waals surface area contributed by atoms with Gasteiger partial charge in [-0.15, -0.1) is 0 Å². The van der Waals surface area contributed by atoms with Crippen molar-refractivity contribution in [3.8, 4) is 0 Å². The van der Waals surface area contributed by atoms with Gasteiger partial charge >= 0.3 is 0 Å².